The van der Waals surface area contributed by atoms with E-state index in [0.29, 0.717) is 11.5 Å². The molecule has 1 aromatic carbocycles. The summed E-state index contributed by atoms with van der Waals surface area (Å²) in [7, 11) is 0. The Morgan fingerprint density at radius 2 is 2.10 bits per heavy atom. The minimum absolute atomic E-state index is 0.00644. The third-order valence-corrected chi connectivity index (χ3v) is 3.55. The fraction of sp³-hybridized carbons (Fsp3) is 0.533. The Morgan fingerprint density at radius 1 is 1.40 bits per heavy atom. The van der Waals surface area contributed by atoms with Crippen molar-refractivity contribution in [3.05, 3.63) is 39.9 Å². The molecule has 1 aliphatic carbocycles. The highest BCUT2D eigenvalue weighted by atomic mass is 16.6. The monoisotopic (exact) mass is 276 g/mol. The van der Waals surface area contributed by atoms with Gasteiger partial charge in [0.25, 0.3) is 5.69 Å². The second kappa shape index (κ2) is 6.50. The number of hydrogen-bond acceptors (Lipinski definition) is 3. The van der Waals surface area contributed by atoms with Crippen LogP contribution in [0.1, 0.15) is 31.7 Å². The van der Waals surface area contributed by atoms with Crippen LogP contribution in [0.4, 0.5) is 5.69 Å². The Balaban J connectivity index is 2.06. The average molecular weight is 276 g/mol. The predicted octanol–water partition coefficient (Wildman–Crippen LogP) is 2.79. The van der Waals surface area contributed by atoms with E-state index in [2.05, 4.69) is 0 Å². The van der Waals surface area contributed by atoms with Gasteiger partial charge in [0.05, 0.1) is 11.3 Å². The van der Waals surface area contributed by atoms with Gasteiger partial charge in [0.2, 0.25) is 5.91 Å². The first-order chi connectivity index (χ1) is 9.61. The number of nitro benzene ring substituents is 1. The van der Waals surface area contributed by atoms with Gasteiger partial charge in [-0.15, -0.1) is 0 Å². The molecule has 1 fully saturated rings. The molecule has 1 aromatic rings. The molecule has 1 saturated carbocycles. The summed E-state index contributed by atoms with van der Waals surface area (Å²) in [5.74, 6) is 0.629. The third-order valence-electron chi connectivity index (χ3n) is 3.55. The molecule has 5 heteroatoms. The summed E-state index contributed by atoms with van der Waals surface area (Å²) < 4.78 is 0. The Labute approximate surface area is 118 Å². The molecule has 0 saturated heterocycles. The topological polar surface area (TPSA) is 63.5 Å². The average Bonchev–Trinajstić information content (AvgIpc) is 3.22. The molecule has 0 aliphatic heterocycles. The zero-order chi connectivity index (χ0) is 14.5. The highest BCUT2D eigenvalue weighted by Gasteiger charge is 2.27. The molecule has 0 unspecified atom stereocenters. The summed E-state index contributed by atoms with van der Waals surface area (Å²) >= 11 is 0. The van der Waals surface area contributed by atoms with Crippen molar-refractivity contribution in [3.8, 4) is 0 Å². The number of nitrogens with zero attached hydrogens (tertiary/aromatic N) is 2. The van der Waals surface area contributed by atoms with Crippen molar-refractivity contribution in [2.75, 3.05) is 13.1 Å². The van der Waals surface area contributed by atoms with E-state index >= 15 is 0 Å². The zero-order valence-electron chi connectivity index (χ0n) is 11.7. The number of benzene rings is 1. The van der Waals surface area contributed by atoms with E-state index in [4.69, 9.17) is 0 Å². The first-order valence-electron chi connectivity index (χ1n) is 7.12. The molecule has 2 rings (SSSR count). The molecule has 0 atom stereocenters. The number of carbonyl (C=O) groups excluding carboxylic acids is 1. The quantitative estimate of drug-likeness (QED) is 0.568. The van der Waals surface area contributed by atoms with E-state index in [0.717, 1.165) is 19.5 Å². The van der Waals surface area contributed by atoms with Crippen LogP contribution in [0.25, 0.3) is 0 Å². The van der Waals surface area contributed by atoms with Crippen molar-refractivity contribution in [3.63, 3.8) is 0 Å². The number of hydrogen-bond donors (Lipinski definition) is 0. The van der Waals surface area contributed by atoms with Gasteiger partial charge in [-0.1, -0.05) is 25.1 Å². The predicted molar refractivity (Wildman–Crippen MR) is 76.4 cm³/mol. The summed E-state index contributed by atoms with van der Waals surface area (Å²) in [4.78, 5) is 24.7. The lowest BCUT2D eigenvalue weighted by Crippen LogP contribution is -2.34. The van der Waals surface area contributed by atoms with Crippen molar-refractivity contribution >= 4 is 11.6 Å². The Hall–Kier alpha value is -1.91. The summed E-state index contributed by atoms with van der Waals surface area (Å²) in [6, 6.07) is 6.48. The molecule has 1 amide bonds. The highest BCUT2D eigenvalue weighted by molar-refractivity contribution is 5.80. The molecule has 1 aliphatic rings. The molecule has 0 N–H and O–H groups in total. The lowest BCUT2D eigenvalue weighted by Gasteiger charge is -2.22. The molecule has 5 nitrogen and oxygen atoms in total. The summed E-state index contributed by atoms with van der Waals surface area (Å²) in [6.45, 7) is 3.57. The maximum Gasteiger partial charge on any atom is 0.273 e. The number of para-hydroxylation sites is 1. The van der Waals surface area contributed by atoms with Crippen molar-refractivity contribution in [1.82, 2.24) is 4.90 Å². The Kier molecular flexibility index (Phi) is 4.71. The van der Waals surface area contributed by atoms with Gasteiger partial charge >= 0.3 is 0 Å². The minimum atomic E-state index is -0.423. The minimum Gasteiger partial charge on any atom is -0.342 e. The third kappa shape index (κ3) is 3.79. The van der Waals surface area contributed by atoms with Crippen molar-refractivity contribution < 1.29 is 9.72 Å². The van der Waals surface area contributed by atoms with Crippen LogP contribution in [-0.4, -0.2) is 28.8 Å². The first-order valence-corrected chi connectivity index (χ1v) is 7.12. The fourth-order valence-electron chi connectivity index (χ4n) is 2.31. The van der Waals surface area contributed by atoms with Crippen LogP contribution >= 0.6 is 0 Å². The summed E-state index contributed by atoms with van der Waals surface area (Å²) in [5, 5.41) is 11.0. The van der Waals surface area contributed by atoms with E-state index in [1.807, 2.05) is 11.8 Å². The smallest absolute Gasteiger partial charge is 0.273 e. The molecule has 20 heavy (non-hydrogen) atoms. The standard InChI is InChI=1S/C15H20N2O3/c1-2-9-16(11-12-7-8-12)15(18)10-13-5-3-4-6-14(13)17(19)20/h3-6,12H,2,7-11H2,1H3. The van der Waals surface area contributed by atoms with Gasteiger partial charge in [-0.05, 0) is 25.2 Å². The second-order valence-electron chi connectivity index (χ2n) is 5.35. The molecule has 0 aromatic heterocycles. The molecule has 0 heterocycles. The number of rotatable bonds is 7. The number of amides is 1. The van der Waals surface area contributed by atoms with Crippen LogP contribution in [0.15, 0.2) is 24.3 Å². The van der Waals surface area contributed by atoms with Crippen molar-refractivity contribution in [2.24, 2.45) is 5.92 Å². The lowest BCUT2D eigenvalue weighted by atomic mass is 10.1. The van der Waals surface area contributed by atoms with Crippen molar-refractivity contribution in [2.45, 2.75) is 32.6 Å². The normalized spacial score (nSPS) is 14.1. The lowest BCUT2D eigenvalue weighted by molar-refractivity contribution is -0.385. The maximum absolute atomic E-state index is 12.3. The molecule has 0 radical (unpaired) electrons. The van der Waals surface area contributed by atoms with Crippen LogP contribution in [-0.2, 0) is 11.2 Å². The van der Waals surface area contributed by atoms with Gasteiger partial charge in [0, 0.05) is 24.7 Å². The number of carbonyl (C=O) groups is 1. The molecule has 0 bridgehead atoms. The van der Waals surface area contributed by atoms with E-state index in [1.165, 1.54) is 18.9 Å². The Bertz CT molecular complexity index is 498. The maximum atomic E-state index is 12.3. The summed E-state index contributed by atoms with van der Waals surface area (Å²) in [6.07, 6.45) is 3.41. The van der Waals surface area contributed by atoms with Gasteiger partial charge in [-0.2, -0.15) is 0 Å². The number of nitro groups is 1. The first kappa shape index (κ1) is 14.5. The molecular formula is C15H20N2O3. The summed E-state index contributed by atoms with van der Waals surface area (Å²) in [5.41, 5.74) is 0.531. The van der Waals surface area contributed by atoms with E-state index < -0.39 is 4.92 Å². The van der Waals surface area contributed by atoms with Crippen LogP contribution in [0.2, 0.25) is 0 Å². The zero-order valence-corrected chi connectivity index (χ0v) is 11.7. The fourth-order valence-corrected chi connectivity index (χ4v) is 2.31. The van der Waals surface area contributed by atoms with Gasteiger partial charge in [-0.25, -0.2) is 0 Å². The van der Waals surface area contributed by atoms with E-state index in [-0.39, 0.29) is 18.0 Å². The SMILES string of the molecule is CCCN(CC1CC1)C(=O)Cc1ccccc1[N+](=O)[O-]. The largest absolute Gasteiger partial charge is 0.342 e. The van der Waals surface area contributed by atoms with Crippen LogP contribution < -0.4 is 0 Å². The van der Waals surface area contributed by atoms with Gasteiger partial charge in [-0.3, -0.25) is 14.9 Å². The molecular weight excluding hydrogens is 256 g/mol. The van der Waals surface area contributed by atoms with E-state index in [1.54, 1.807) is 18.2 Å². The second-order valence-corrected chi connectivity index (χ2v) is 5.35. The molecule has 108 valence electrons. The Morgan fingerprint density at radius 3 is 2.70 bits per heavy atom. The van der Waals surface area contributed by atoms with Gasteiger partial charge in [0.1, 0.15) is 0 Å². The van der Waals surface area contributed by atoms with Crippen LogP contribution in [0.3, 0.4) is 0 Å². The highest BCUT2D eigenvalue weighted by Crippen LogP contribution is 2.30. The van der Waals surface area contributed by atoms with Gasteiger partial charge < -0.3 is 4.90 Å². The van der Waals surface area contributed by atoms with Gasteiger partial charge in [0.15, 0.2) is 0 Å². The van der Waals surface area contributed by atoms with Crippen molar-refractivity contribution in [1.29, 1.82) is 0 Å². The molecule has 0 spiro atoms. The van der Waals surface area contributed by atoms with Crippen LogP contribution in [0.5, 0.6) is 0 Å². The van der Waals surface area contributed by atoms with E-state index in [9.17, 15) is 14.9 Å². The van der Waals surface area contributed by atoms with Crippen LogP contribution in [0, 0.1) is 16.0 Å².